The van der Waals surface area contributed by atoms with E-state index in [-0.39, 0.29) is 17.7 Å². The molecular weight excluding hydrogens is 300 g/mol. The number of hydrogen-bond donors (Lipinski definition) is 0. The average Bonchev–Trinajstić information content (AvgIpc) is 3.10. The molecule has 0 N–H and O–H groups in total. The first-order valence-corrected chi connectivity index (χ1v) is 8.60. The van der Waals surface area contributed by atoms with E-state index < -0.39 is 5.41 Å². The molecule has 1 spiro atoms. The molecule has 1 unspecified atom stereocenters. The van der Waals surface area contributed by atoms with Crippen LogP contribution in [0.2, 0.25) is 0 Å². The molecule has 1 heterocycles. The van der Waals surface area contributed by atoms with Crippen LogP contribution in [0.25, 0.3) is 0 Å². The normalized spacial score (nSPS) is 21.3. The predicted octanol–water partition coefficient (Wildman–Crippen LogP) is 4.52. The van der Waals surface area contributed by atoms with Crippen LogP contribution in [0, 0.1) is 5.41 Å². The van der Waals surface area contributed by atoms with Gasteiger partial charge in [0, 0.05) is 17.9 Å². The smallest absolute Gasteiger partial charge is 0.318 e. The Hall–Kier alpha value is -2.42. The summed E-state index contributed by atoms with van der Waals surface area (Å²) < 4.78 is 5.64. The van der Waals surface area contributed by atoms with Gasteiger partial charge in [0.1, 0.15) is 5.75 Å². The van der Waals surface area contributed by atoms with Gasteiger partial charge in [0.15, 0.2) is 5.78 Å². The molecule has 0 saturated heterocycles. The van der Waals surface area contributed by atoms with Gasteiger partial charge in [0.2, 0.25) is 0 Å². The fourth-order valence-electron chi connectivity index (χ4n) is 4.29. The number of Topliss-reactive ketones (excluding diaryl/α,β-unsaturated/α-hetero) is 1. The van der Waals surface area contributed by atoms with Crippen molar-refractivity contribution in [3.8, 4) is 5.75 Å². The van der Waals surface area contributed by atoms with Crippen LogP contribution < -0.4 is 4.74 Å². The number of ether oxygens (including phenoxy) is 1. The van der Waals surface area contributed by atoms with Gasteiger partial charge in [0.05, 0.1) is 5.41 Å². The number of benzene rings is 2. The van der Waals surface area contributed by atoms with Gasteiger partial charge < -0.3 is 4.74 Å². The van der Waals surface area contributed by atoms with Crippen LogP contribution in [-0.2, 0) is 4.79 Å². The summed E-state index contributed by atoms with van der Waals surface area (Å²) in [6, 6.07) is 17.0. The Bertz CT molecular complexity index is 773. The van der Waals surface area contributed by atoms with E-state index in [4.69, 9.17) is 4.74 Å². The summed E-state index contributed by atoms with van der Waals surface area (Å²) in [6.45, 7) is 0. The summed E-state index contributed by atoms with van der Waals surface area (Å²) in [4.78, 5) is 25.6. The topological polar surface area (TPSA) is 43.4 Å². The molecule has 0 amide bonds. The van der Waals surface area contributed by atoms with Gasteiger partial charge in [0.25, 0.3) is 0 Å². The summed E-state index contributed by atoms with van der Waals surface area (Å²) in [6.07, 6.45) is 4.02. The Morgan fingerprint density at radius 2 is 1.67 bits per heavy atom. The third-order valence-corrected chi connectivity index (χ3v) is 5.55. The van der Waals surface area contributed by atoms with Crippen LogP contribution in [0.4, 0.5) is 0 Å². The van der Waals surface area contributed by atoms with Crippen molar-refractivity contribution in [3.63, 3.8) is 0 Å². The van der Waals surface area contributed by atoms with Crippen LogP contribution >= 0.6 is 0 Å². The number of carbonyl (C=O) groups excluding carboxylic acids is 2. The molecule has 1 fully saturated rings. The molecule has 24 heavy (non-hydrogen) atoms. The summed E-state index contributed by atoms with van der Waals surface area (Å²) in [7, 11) is 0. The highest BCUT2D eigenvalue weighted by Crippen LogP contribution is 2.55. The largest absolute Gasteiger partial charge is 0.426 e. The fourth-order valence-corrected chi connectivity index (χ4v) is 4.29. The molecule has 2 aromatic carbocycles. The van der Waals surface area contributed by atoms with Crippen molar-refractivity contribution in [2.24, 2.45) is 5.41 Å². The zero-order valence-electron chi connectivity index (χ0n) is 13.5. The van der Waals surface area contributed by atoms with E-state index in [9.17, 15) is 9.59 Å². The maximum Gasteiger partial charge on any atom is 0.318 e. The second-order valence-corrected chi connectivity index (χ2v) is 6.84. The quantitative estimate of drug-likeness (QED) is 0.474. The van der Waals surface area contributed by atoms with E-state index in [2.05, 4.69) is 0 Å². The second kappa shape index (κ2) is 5.90. The highest BCUT2D eigenvalue weighted by atomic mass is 16.5. The van der Waals surface area contributed by atoms with Crippen LogP contribution in [0.15, 0.2) is 54.6 Å². The van der Waals surface area contributed by atoms with Crippen molar-refractivity contribution in [1.82, 2.24) is 0 Å². The summed E-state index contributed by atoms with van der Waals surface area (Å²) in [5, 5.41) is 0. The predicted molar refractivity (Wildman–Crippen MR) is 91.1 cm³/mol. The molecular formula is C21H20O3. The molecule has 1 saturated carbocycles. The maximum absolute atomic E-state index is 12.8. The molecule has 2 aromatic rings. The average molecular weight is 320 g/mol. The summed E-state index contributed by atoms with van der Waals surface area (Å²) >= 11 is 0. The lowest BCUT2D eigenvalue weighted by Crippen LogP contribution is -2.42. The van der Waals surface area contributed by atoms with Gasteiger partial charge in [-0.1, -0.05) is 61.4 Å². The number of fused-ring (bicyclic) bond motifs is 1. The van der Waals surface area contributed by atoms with E-state index in [0.717, 1.165) is 31.2 Å². The molecule has 1 aliphatic carbocycles. The summed E-state index contributed by atoms with van der Waals surface area (Å²) in [5.74, 6) is 0.469. The molecule has 0 aromatic heterocycles. The Kier molecular flexibility index (Phi) is 3.72. The van der Waals surface area contributed by atoms with Gasteiger partial charge in [-0.2, -0.15) is 0 Å². The standard InChI is InChI=1S/C21H20O3/c22-18(15-8-2-1-3-9-15)14-17-16-10-4-5-11-19(16)24-20(23)21(17)12-6-7-13-21/h1-5,8-11,17H,6-7,12-14H2. The highest BCUT2D eigenvalue weighted by Gasteiger charge is 2.53. The van der Waals surface area contributed by atoms with Crippen molar-refractivity contribution < 1.29 is 14.3 Å². The second-order valence-electron chi connectivity index (χ2n) is 6.84. The Morgan fingerprint density at radius 3 is 2.42 bits per heavy atom. The first-order chi connectivity index (χ1) is 11.7. The number of para-hydroxylation sites is 1. The number of esters is 1. The van der Waals surface area contributed by atoms with E-state index >= 15 is 0 Å². The van der Waals surface area contributed by atoms with Crippen molar-refractivity contribution in [1.29, 1.82) is 0 Å². The van der Waals surface area contributed by atoms with Gasteiger partial charge in [-0.25, -0.2) is 0 Å². The van der Waals surface area contributed by atoms with Gasteiger partial charge in [-0.3, -0.25) is 9.59 Å². The molecule has 122 valence electrons. The number of ketones is 1. The zero-order valence-corrected chi connectivity index (χ0v) is 13.5. The van der Waals surface area contributed by atoms with Gasteiger partial charge >= 0.3 is 5.97 Å². The van der Waals surface area contributed by atoms with Gasteiger partial charge in [-0.15, -0.1) is 0 Å². The third-order valence-electron chi connectivity index (χ3n) is 5.55. The molecule has 0 bridgehead atoms. The molecule has 4 rings (SSSR count). The monoisotopic (exact) mass is 320 g/mol. The van der Waals surface area contributed by atoms with E-state index in [0.29, 0.717) is 17.7 Å². The fraction of sp³-hybridized carbons (Fsp3) is 0.333. The lowest BCUT2D eigenvalue weighted by atomic mass is 9.67. The van der Waals surface area contributed by atoms with Crippen LogP contribution in [0.5, 0.6) is 5.75 Å². The number of rotatable bonds is 3. The molecule has 1 atom stereocenters. The number of hydrogen-bond acceptors (Lipinski definition) is 3. The van der Waals surface area contributed by atoms with E-state index in [1.54, 1.807) is 0 Å². The molecule has 0 radical (unpaired) electrons. The Balaban J connectivity index is 1.74. The van der Waals surface area contributed by atoms with Crippen LogP contribution in [0.1, 0.15) is 53.9 Å². The minimum absolute atomic E-state index is 0.0924. The maximum atomic E-state index is 12.8. The van der Waals surface area contributed by atoms with Crippen molar-refractivity contribution in [3.05, 3.63) is 65.7 Å². The molecule has 2 aliphatic rings. The van der Waals surface area contributed by atoms with Crippen LogP contribution in [-0.4, -0.2) is 11.8 Å². The minimum Gasteiger partial charge on any atom is -0.426 e. The summed E-state index contributed by atoms with van der Waals surface area (Å²) in [5.41, 5.74) is 1.18. The Morgan fingerprint density at radius 1 is 1.00 bits per heavy atom. The zero-order chi connectivity index (χ0) is 16.6. The lowest BCUT2D eigenvalue weighted by Gasteiger charge is -2.40. The third kappa shape index (κ3) is 2.35. The van der Waals surface area contributed by atoms with E-state index in [1.165, 1.54) is 0 Å². The lowest BCUT2D eigenvalue weighted by molar-refractivity contribution is -0.149. The van der Waals surface area contributed by atoms with Crippen molar-refractivity contribution >= 4 is 11.8 Å². The van der Waals surface area contributed by atoms with Crippen molar-refractivity contribution in [2.45, 2.75) is 38.0 Å². The first kappa shape index (κ1) is 15.1. The molecule has 1 aliphatic heterocycles. The molecule has 3 heteroatoms. The van der Waals surface area contributed by atoms with Crippen molar-refractivity contribution in [2.75, 3.05) is 0 Å². The van der Waals surface area contributed by atoms with E-state index in [1.807, 2.05) is 54.6 Å². The number of carbonyl (C=O) groups is 2. The minimum atomic E-state index is -0.529. The Labute approximate surface area is 141 Å². The first-order valence-electron chi connectivity index (χ1n) is 8.60. The van der Waals surface area contributed by atoms with Gasteiger partial charge in [-0.05, 0) is 24.5 Å². The van der Waals surface area contributed by atoms with Crippen LogP contribution in [0.3, 0.4) is 0 Å². The molecule has 3 nitrogen and oxygen atoms in total. The highest BCUT2D eigenvalue weighted by molar-refractivity contribution is 5.97. The SMILES string of the molecule is O=C(CC1c2ccccc2OC(=O)C12CCCC2)c1ccccc1.